The lowest BCUT2D eigenvalue weighted by atomic mass is 10.1. The molecule has 2 aromatic rings. The Balaban J connectivity index is 1.85. The number of hydrogen-bond donors (Lipinski definition) is 2. The molecule has 0 fully saturated rings. The van der Waals surface area contributed by atoms with Crippen LogP contribution < -0.4 is 5.32 Å². The molecule has 3 rings (SSSR count). The Bertz CT molecular complexity index is 699. The van der Waals surface area contributed by atoms with Crippen LogP contribution in [0.15, 0.2) is 42.5 Å². The molecule has 108 valence electrons. The second-order valence-corrected chi connectivity index (χ2v) is 5.40. The SMILES string of the molecule is Cc1ccc(C(=O)N[C@@H]2c3ccccc3C[C@@H]2O)c(F)c1. The third kappa shape index (κ3) is 2.54. The molecule has 0 aliphatic heterocycles. The standard InChI is InChI=1S/C17H16FNO2/c1-10-6-7-13(14(18)8-10)17(21)19-16-12-5-3-2-4-11(12)9-15(16)20/h2-8,15-16,20H,9H2,1H3,(H,19,21)/t15-,16+/m0/s1. The van der Waals surface area contributed by atoms with Gasteiger partial charge in [0.1, 0.15) is 5.82 Å². The number of benzene rings is 2. The summed E-state index contributed by atoms with van der Waals surface area (Å²) in [5.74, 6) is -1.05. The Hall–Kier alpha value is -2.20. The van der Waals surface area contributed by atoms with Crippen LogP contribution in [0.1, 0.15) is 33.1 Å². The number of aliphatic hydroxyl groups is 1. The first kappa shape index (κ1) is 13.8. The Labute approximate surface area is 122 Å². The molecule has 2 atom stereocenters. The van der Waals surface area contributed by atoms with Crippen LogP contribution in [0, 0.1) is 12.7 Å². The summed E-state index contributed by atoms with van der Waals surface area (Å²) in [7, 11) is 0. The van der Waals surface area contributed by atoms with Crippen molar-refractivity contribution >= 4 is 5.91 Å². The highest BCUT2D eigenvalue weighted by Gasteiger charge is 2.32. The Kier molecular flexibility index (Phi) is 3.47. The van der Waals surface area contributed by atoms with E-state index in [1.54, 1.807) is 13.0 Å². The molecule has 0 saturated heterocycles. The van der Waals surface area contributed by atoms with Crippen molar-refractivity contribution in [2.75, 3.05) is 0 Å². The number of aliphatic hydroxyl groups excluding tert-OH is 1. The van der Waals surface area contributed by atoms with Crippen LogP contribution in [-0.2, 0) is 6.42 Å². The average Bonchev–Trinajstić information content (AvgIpc) is 2.75. The van der Waals surface area contributed by atoms with Crippen molar-refractivity contribution in [1.82, 2.24) is 5.32 Å². The predicted molar refractivity (Wildman–Crippen MR) is 77.5 cm³/mol. The molecule has 1 aliphatic rings. The van der Waals surface area contributed by atoms with Gasteiger partial charge >= 0.3 is 0 Å². The number of amides is 1. The smallest absolute Gasteiger partial charge is 0.254 e. The topological polar surface area (TPSA) is 49.3 Å². The molecule has 2 N–H and O–H groups in total. The quantitative estimate of drug-likeness (QED) is 0.890. The molecular formula is C17H16FNO2. The van der Waals surface area contributed by atoms with Crippen LogP contribution in [0.5, 0.6) is 0 Å². The Morgan fingerprint density at radius 2 is 2.05 bits per heavy atom. The molecule has 2 aromatic carbocycles. The molecule has 1 amide bonds. The first-order valence-electron chi connectivity index (χ1n) is 6.89. The first-order chi connectivity index (χ1) is 10.1. The number of nitrogens with one attached hydrogen (secondary N) is 1. The number of fused-ring (bicyclic) bond motifs is 1. The van der Waals surface area contributed by atoms with Crippen LogP contribution in [0.3, 0.4) is 0 Å². The maximum Gasteiger partial charge on any atom is 0.254 e. The van der Waals surface area contributed by atoms with Gasteiger partial charge < -0.3 is 10.4 Å². The zero-order valence-electron chi connectivity index (χ0n) is 11.6. The van der Waals surface area contributed by atoms with Crippen molar-refractivity contribution in [2.45, 2.75) is 25.5 Å². The maximum atomic E-state index is 13.8. The largest absolute Gasteiger partial charge is 0.390 e. The van der Waals surface area contributed by atoms with Crippen LogP contribution in [-0.4, -0.2) is 17.1 Å². The van der Waals surface area contributed by atoms with Crippen LogP contribution in [0.2, 0.25) is 0 Å². The molecule has 1 aliphatic carbocycles. The van der Waals surface area contributed by atoms with E-state index in [1.807, 2.05) is 24.3 Å². The predicted octanol–water partition coefficient (Wildman–Crippen LogP) is 2.52. The zero-order valence-corrected chi connectivity index (χ0v) is 11.6. The number of hydrogen-bond acceptors (Lipinski definition) is 2. The molecule has 0 saturated carbocycles. The summed E-state index contributed by atoms with van der Waals surface area (Å²) in [5.41, 5.74) is 2.66. The van der Waals surface area contributed by atoms with Gasteiger partial charge in [0.05, 0.1) is 17.7 Å². The highest BCUT2D eigenvalue weighted by molar-refractivity contribution is 5.94. The lowest BCUT2D eigenvalue weighted by Crippen LogP contribution is -2.34. The summed E-state index contributed by atoms with van der Waals surface area (Å²) >= 11 is 0. The van der Waals surface area contributed by atoms with Gasteiger partial charge in [-0.25, -0.2) is 4.39 Å². The first-order valence-corrected chi connectivity index (χ1v) is 6.89. The minimum atomic E-state index is -0.681. The van der Waals surface area contributed by atoms with Gasteiger partial charge in [0.15, 0.2) is 0 Å². The average molecular weight is 285 g/mol. The van der Waals surface area contributed by atoms with Gasteiger partial charge in [-0.05, 0) is 35.7 Å². The third-order valence-corrected chi connectivity index (χ3v) is 3.86. The van der Waals surface area contributed by atoms with E-state index >= 15 is 0 Å². The van der Waals surface area contributed by atoms with E-state index in [0.717, 1.165) is 16.7 Å². The van der Waals surface area contributed by atoms with E-state index in [0.29, 0.717) is 6.42 Å². The highest BCUT2D eigenvalue weighted by Crippen LogP contribution is 2.31. The Morgan fingerprint density at radius 1 is 1.29 bits per heavy atom. The van der Waals surface area contributed by atoms with E-state index in [-0.39, 0.29) is 5.56 Å². The molecule has 0 radical (unpaired) electrons. The summed E-state index contributed by atoms with van der Waals surface area (Å²) in [4.78, 5) is 12.2. The Morgan fingerprint density at radius 3 is 2.81 bits per heavy atom. The lowest BCUT2D eigenvalue weighted by Gasteiger charge is -2.18. The fourth-order valence-electron chi connectivity index (χ4n) is 2.77. The summed E-state index contributed by atoms with van der Waals surface area (Å²) in [6.07, 6.45) is -0.183. The van der Waals surface area contributed by atoms with E-state index in [9.17, 15) is 14.3 Å². The van der Waals surface area contributed by atoms with Crippen molar-refractivity contribution in [3.8, 4) is 0 Å². The van der Waals surface area contributed by atoms with Gasteiger partial charge in [-0.15, -0.1) is 0 Å². The van der Waals surface area contributed by atoms with Crippen molar-refractivity contribution in [3.63, 3.8) is 0 Å². The maximum absolute atomic E-state index is 13.8. The van der Waals surface area contributed by atoms with Crippen LogP contribution in [0.25, 0.3) is 0 Å². The summed E-state index contributed by atoms with van der Waals surface area (Å²) < 4.78 is 13.8. The molecule has 0 bridgehead atoms. The number of rotatable bonds is 2. The summed E-state index contributed by atoms with van der Waals surface area (Å²) in [5, 5.41) is 12.8. The van der Waals surface area contributed by atoms with E-state index in [1.165, 1.54) is 12.1 Å². The molecule has 4 heteroatoms. The summed E-state index contributed by atoms with van der Waals surface area (Å²) in [6.45, 7) is 1.77. The monoisotopic (exact) mass is 285 g/mol. The minimum absolute atomic E-state index is 0.00261. The third-order valence-electron chi connectivity index (χ3n) is 3.86. The van der Waals surface area contributed by atoms with Crippen molar-refractivity contribution in [3.05, 3.63) is 70.5 Å². The van der Waals surface area contributed by atoms with Gasteiger partial charge in [-0.3, -0.25) is 4.79 Å². The highest BCUT2D eigenvalue weighted by atomic mass is 19.1. The molecule has 21 heavy (non-hydrogen) atoms. The molecule has 0 unspecified atom stereocenters. The second kappa shape index (κ2) is 5.30. The molecule has 0 heterocycles. The summed E-state index contributed by atoms with van der Waals surface area (Å²) in [6, 6.07) is 11.6. The fourth-order valence-corrected chi connectivity index (χ4v) is 2.77. The molecule has 0 aromatic heterocycles. The molecular weight excluding hydrogens is 269 g/mol. The van der Waals surface area contributed by atoms with E-state index < -0.39 is 23.9 Å². The van der Waals surface area contributed by atoms with Crippen molar-refractivity contribution in [1.29, 1.82) is 0 Å². The number of carbonyl (C=O) groups is 1. The van der Waals surface area contributed by atoms with Crippen molar-refractivity contribution < 1.29 is 14.3 Å². The molecule has 3 nitrogen and oxygen atoms in total. The van der Waals surface area contributed by atoms with Crippen molar-refractivity contribution in [2.24, 2.45) is 0 Å². The minimum Gasteiger partial charge on any atom is -0.390 e. The molecule has 0 spiro atoms. The number of aryl methyl sites for hydroxylation is 1. The van der Waals surface area contributed by atoms with E-state index in [4.69, 9.17) is 0 Å². The van der Waals surface area contributed by atoms with Gasteiger partial charge in [-0.1, -0.05) is 30.3 Å². The van der Waals surface area contributed by atoms with Gasteiger partial charge in [0, 0.05) is 6.42 Å². The zero-order chi connectivity index (χ0) is 15.0. The number of halogens is 1. The van der Waals surface area contributed by atoms with E-state index in [2.05, 4.69) is 5.32 Å². The van der Waals surface area contributed by atoms with Gasteiger partial charge in [0.25, 0.3) is 5.91 Å². The lowest BCUT2D eigenvalue weighted by molar-refractivity contribution is 0.0854. The van der Waals surface area contributed by atoms with Gasteiger partial charge in [0.2, 0.25) is 0 Å². The normalized spacial score (nSPS) is 20.1. The van der Waals surface area contributed by atoms with Crippen LogP contribution in [0.4, 0.5) is 4.39 Å². The van der Waals surface area contributed by atoms with Gasteiger partial charge in [-0.2, -0.15) is 0 Å². The number of carbonyl (C=O) groups excluding carboxylic acids is 1. The fraction of sp³-hybridized carbons (Fsp3) is 0.235. The second-order valence-electron chi connectivity index (χ2n) is 5.40. The van der Waals surface area contributed by atoms with Crippen LogP contribution >= 0.6 is 0 Å².